The van der Waals surface area contributed by atoms with Gasteiger partial charge in [-0.3, -0.25) is 4.90 Å². The molecule has 22 heavy (non-hydrogen) atoms. The smallest absolute Gasteiger partial charge is 0.125 e. The molecule has 1 aliphatic heterocycles. The van der Waals surface area contributed by atoms with Crippen molar-refractivity contribution in [3.05, 3.63) is 41.5 Å². The van der Waals surface area contributed by atoms with E-state index in [1.54, 1.807) is 0 Å². The SMILES string of the molecule is Cc1ncc2c(n1)C1(CCCN(Cc3cncn3C)C1)CC2. The maximum atomic E-state index is 4.82. The van der Waals surface area contributed by atoms with E-state index in [-0.39, 0.29) is 5.41 Å². The van der Waals surface area contributed by atoms with Gasteiger partial charge in [-0.1, -0.05) is 0 Å². The van der Waals surface area contributed by atoms with E-state index in [9.17, 15) is 0 Å². The summed E-state index contributed by atoms with van der Waals surface area (Å²) < 4.78 is 2.12. The number of imidazole rings is 1. The van der Waals surface area contributed by atoms with Gasteiger partial charge in [-0.2, -0.15) is 0 Å². The van der Waals surface area contributed by atoms with Crippen LogP contribution in [0.25, 0.3) is 0 Å². The maximum absolute atomic E-state index is 4.82. The molecule has 1 unspecified atom stereocenters. The molecule has 0 bridgehead atoms. The molecule has 0 N–H and O–H groups in total. The number of fused-ring (bicyclic) bond motifs is 2. The van der Waals surface area contributed by atoms with Gasteiger partial charge in [0, 0.05) is 37.9 Å². The monoisotopic (exact) mass is 297 g/mol. The first-order valence-electron chi connectivity index (χ1n) is 8.17. The highest BCUT2D eigenvalue weighted by Crippen LogP contribution is 2.43. The van der Waals surface area contributed by atoms with E-state index >= 15 is 0 Å². The Kier molecular flexibility index (Phi) is 3.26. The summed E-state index contributed by atoms with van der Waals surface area (Å²) in [5.74, 6) is 0.906. The number of aromatic nitrogens is 4. The fraction of sp³-hybridized carbons (Fsp3) is 0.588. The van der Waals surface area contributed by atoms with Gasteiger partial charge in [0.1, 0.15) is 5.82 Å². The van der Waals surface area contributed by atoms with Gasteiger partial charge in [-0.25, -0.2) is 15.0 Å². The first kappa shape index (κ1) is 13.9. The lowest BCUT2D eigenvalue weighted by Gasteiger charge is -2.40. The molecule has 116 valence electrons. The van der Waals surface area contributed by atoms with Gasteiger partial charge in [0.15, 0.2) is 0 Å². The lowest BCUT2D eigenvalue weighted by atomic mass is 9.77. The summed E-state index contributed by atoms with van der Waals surface area (Å²) in [6.45, 7) is 5.27. The van der Waals surface area contributed by atoms with Gasteiger partial charge in [0.05, 0.1) is 17.7 Å². The van der Waals surface area contributed by atoms with Crippen molar-refractivity contribution < 1.29 is 0 Å². The molecule has 3 heterocycles. The van der Waals surface area contributed by atoms with E-state index < -0.39 is 0 Å². The van der Waals surface area contributed by atoms with Crippen molar-refractivity contribution in [3.8, 4) is 0 Å². The average Bonchev–Trinajstić information content (AvgIpc) is 3.05. The van der Waals surface area contributed by atoms with Crippen LogP contribution in [0.4, 0.5) is 0 Å². The number of hydrogen-bond acceptors (Lipinski definition) is 4. The summed E-state index contributed by atoms with van der Waals surface area (Å²) in [5, 5.41) is 0. The molecule has 1 atom stereocenters. The van der Waals surface area contributed by atoms with Gasteiger partial charge in [0.2, 0.25) is 0 Å². The zero-order valence-corrected chi connectivity index (χ0v) is 13.4. The van der Waals surface area contributed by atoms with Crippen LogP contribution in [0.1, 0.15) is 42.0 Å². The second-order valence-corrected chi connectivity index (χ2v) is 6.88. The van der Waals surface area contributed by atoms with Crippen molar-refractivity contribution in [1.29, 1.82) is 0 Å². The Morgan fingerprint density at radius 2 is 2.18 bits per heavy atom. The van der Waals surface area contributed by atoms with Crippen molar-refractivity contribution in [2.45, 2.75) is 44.6 Å². The number of rotatable bonds is 2. The fourth-order valence-electron chi connectivity index (χ4n) is 4.15. The standard InChI is InChI=1S/C17H23N5/c1-13-19-8-14-4-6-17(16(14)20-13)5-3-7-22(11-17)10-15-9-18-12-21(15)2/h8-9,12H,3-7,10-11H2,1-2H3. The van der Waals surface area contributed by atoms with Crippen LogP contribution in [0, 0.1) is 6.92 Å². The Bertz CT molecular complexity index is 688. The largest absolute Gasteiger partial charge is 0.337 e. The number of likely N-dealkylation sites (tertiary alicyclic amines) is 1. The van der Waals surface area contributed by atoms with Crippen LogP contribution in [-0.4, -0.2) is 37.5 Å². The Labute approximate surface area is 131 Å². The molecule has 0 saturated carbocycles. The van der Waals surface area contributed by atoms with Crippen molar-refractivity contribution >= 4 is 0 Å². The van der Waals surface area contributed by atoms with Crippen molar-refractivity contribution in [1.82, 2.24) is 24.4 Å². The van der Waals surface area contributed by atoms with Crippen LogP contribution >= 0.6 is 0 Å². The predicted octanol–water partition coefficient (Wildman–Crippen LogP) is 2.00. The average molecular weight is 297 g/mol. The van der Waals surface area contributed by atoms with Crippen LogP contribution in [0.5, 0.6) is 0 Å². The highest BCUT2D eigenvalue weighted by molar-refractivity contribution is 5.33. The second-order valence-electron chi connectivity index (χ2n) is 6.88. The normalized spacial score (nSPS) is 24.8. The summed E-state index contributed by atoms with van der Waals surface area (Å²) in [5.41, 5.74) is 4.23. The molecule has 1 aliphatic carbocycles. The van der Waals surface area contributed by atoms with Crippen LogP contribution in [0.2, 0.25) is 0 Å². The minimum absolute atomic E-state index is 0.250. The number of hydrogen-bond donors (Lipinski definition) is 0. The molecule has 5 nitrogen and oxygen atoms in total. The minimum Gasteiger partial charge on any atom is -0.337 e. The third-order valence-corrected chi connectivity index (χ3v) is 5.32. The Morgan fingerprint density at radius 3 is 3.00 bits per heavy atom. The second kappa shape index (κ2) is 5.16. The fourth-order valence-corrected chi connectivity index (χ4v) is 4.15. The molecular formula is C17H23N5. The summed E-state index contributed by atoms with van der Waals surface area (Å²) in [6.07, 6.45) is 10.8. The van der Waals surface area contributed by atoms with E-state index in [0.29, 0.717) is 0 Å². The highest BCUT2D eigenvalue weighted by atomic mass is 15.2. The zero-order chi connectivity index (χ0) is 15.2. The number of nitrogens with zero attached hydrogens (tertiary/aromatic N) is 5. The van der Waals surface area contributed by atoms with Gasteiger partial charge in [0.25, 0.3) is 0 Å². The minimum atomic E-state index is 0.250. The van der Waals surface area contributed by atoms with Crippen LogP contribution in [0.15, 0.2) is 18.7 Å². The first-order valence-corrected chi connectivity index (χ1v) is 8.17. The van der Waals surface area contributed by atoms with E-state index in [0.717, 1.165) is 25.3 Å². The molecule has 1 fully saturated rings. The highest BCUT2D eigenvalue weighted by Gasteiger charge is 2.43. The van der Waals surface area contributed by atoms with E-state index in [2.05, 4.69) is 26.5 Å². The molecule has 1 saturated heterocycles. The van der Waals surface area contributed by atoms with Gasteiger partial charge >= 0.3 is 0 Å². The topological polar surface area (TPSA) is 46.8 Å². The van der Waals surface area contributed by atoms with E-state index in [1.807, 2.05) is 25.6 Å². The summed E-state index contributed by atoms with van der Waals surface area (Å²) in [4.78, 5) is 16.0. The predicted molar refractivity (Wildman–Crippen MR) is 84.5 cm³/mol. The first-order chi connectivity index (χ1) is 10.7. The van der Waals surface area contributed by atoms with Crippen LogP contribution < -0.4 is 0 Å². The molecular weight excluding hydrogens is 274 g/mol. The van der Waals surface area contributed by atoms with E-state index in [4.69, 9.17) is 4.98 Å². The van der Waals surface area contributed by atoms with Gasteiger partial charge in [-0.05, 0) is 44.7 Å². The summed E-state index contributed by atoms with van der Waals surface area (Å²) in [7, 11) is 2.07. The molecule has 4 rings (SSSR count). The lowest BCUT2D eigenvalue weighted by Crippen LogP contribution is -2.45. The van der Waals surface area contributed by atoms with Crippen molar-refractivity contribution in [2.75, 3.05) is 13.1 Å². The molecule has 0 radical (unpaired) electrons. The van der Waals surface area contributed by atoms with Gasteiger partial charge < -0.3 is 4.57 Å². The number of aryl methyl sites for hydroxylation is 3. The van der Waals surface area contributed by atoms with Crippen LogP contribution in [-0.2, 0) is 25.4 Å². The third kappa shape index (κ3) is 2.24. The molecule has 1 spiro atoms. The van der Waals surface area contributed by atoms with Crippen molar-refractivity contribution in [3.63, 3.8) is 0 Å². The Hall–Kier alpha value is -1.75. The van der Waals surface area contributed by atoms with Gasteiger partial charge in [-0.15, -0.1) is 0 Å². The lowest BCUT2D eigenvalue weighted by molar-refractivity contribution is 0.134. The maximum Gasteiger partial charge on any atom is 0.125 e. The van der Waals surface area contributed by atoms with Crippen molar-refractivity contribution in [2.24, 2.45) is 7.05 Å². The van der Waals surface area contributed by atoms with E-state index in [1.165, 1.54) is 42.8 Å². The molecule has 0 amide bonds. The van der Waals surface area contributed by atoms with Crippen LogP contribution in [0.3, 0.4) is 0 Å². The molecule has 2 aromatic rings. The Morgan fingerprint density at radius 1 is 1.27 bits per heavy atom. The summed E-state index contributed by atoms with van der Waals surface area (Å²) >= 11 is 0. The third-order valence-electron chi connectivity index (χ3n) is 5.32. The quantitative estimate of drug-likeness (QED) is 0.850. The molecule has 5 heteroatoms. The number of piperidine rings is 1. The summed E-state index contributed by atoms with van der Waals surface area (Å²) in [6, 6.07) is 0. The molecule has 0 aromatic carbocycles. The molecule has 2 aliphatic rings. The Balaban J connectivity index is 1.59. The zero-order valence-electron chi connectivity index (χ0n) is 13.4. The molecule has 2 aromatic heterocycles.